The van der Waals surface area contributed by atoms with Gasteiger partial charge >= 0.3 is 0 Å². The van der Waals surface area contributed by atoms with Crippen molar-refractivity contribution in [3.05, 3.63) is 71.4 Å². The fraction of sp³-hybridized carbons (Fsp3) is 0.176. The number of hydrogen-bond acceptors (Lipinski definition) is 3. The minimum atomic E-state index is -0.259. The van der Waals surface area contributed by atoms with Gasteiger partial charge in [-0.1, -0.05) is 18.2 Å². The molecule has 2 heterocycles. The van der Waals surface area contributed by atoms with Crippen molar-refractivity contribution in [1.29, 1.82) is 0 Å². The molecular weight excluding hydrogens is 278 g/mol. The maximum absolute atomic E-state index is 12.1. The molecule has 3 aromatic rings. The summed E-state index contributed by atoms with van der Waals surface area (Å²) in [5, 5.41) is 7.18. The molecule has 0 saturated carbocycles. The molecule has 0 unspecified atom stereocenters. The van der Waals surface area contributed by atoms with Crippen molar-refractivity contribution in [3.63, 3.8) is 0 Å². The number of carbonyl (C=O) groups is 1. The predicted molar refractivity (Wildman–Crippen MR) is 83.9 cm³/mol. The van der Waals surface area contributed by atoms with Gasteiger partial charge in [0, 0.05) is 11.4 Å². The molecule has 0 aliphatic carbocycles. The minimum Gasteiger partial charge on any atom is -0.454 e. The Morgan fingerprint density at radius 3 is 2.64 bits per heavy atom. The van der Waals surface area contributed by atoms with Crippen LogP contribution in [-0.4, -0.2) is 15.7 Å². The van der Waals surface area contributed by atoms with Gasteiger partial charge < -0.3 is 9.73 Å². The van der Waals surface area contributed by atoms with Crippen LogP contribution in [-0.2, 0) is 6.54 Å². The Hall–Kier alpha value is -2.82. The molecule has 2 aromatic heterocycles. The average Bonchev–Trinajstić information content (AvgIpc) is 3.07. The summed E-state index contributed by atoms with van der Waals surface area (Å²) in [5.41, 5.74) is 2.76. The quantitative estimate of drug-likeness (QED) is 0.802. The summed E-state index contributed by atoms with van der Waals surface area (Å²) in [5.74, 6) is 0.732. The van der Waals surface area contributed by atoms with Crippen molar-refractivity contribution in [2.24, 2.45) is 0 Å². The number of rotatable bonds is 4. The second-order valence-corrected chi connectivity index (χ2v) is 5.17. The van der Waals surface area contributed by atoms with E-state index in [0.717, 1.165) is 17.1 Å². The highest BCUT2D eigenvalue weighted by molar-refractivity contribution is 6.02. The maximum atomic E-state index is 12.1. The van der Waals surface area contributed by atoms with Crippen LogP contribution in [0.1, 0.15) is 27.7 Å². The number of aryl methyl sites for hydroxylation is 2. The summed E-state index contributed by atoms with van der Waals surface area (Å²) < 4.78 is 7.47. The van der Waals surface area contributed by atoms with Crippen molar-refractivity contribution >= 4 is 11.6 Å². The van der Waals surface area contributed by atoms with Crippen molar-refractivity contribution in [2.75, 3.05) is 5.32 Å². The van der Waals surface area contributed by atoms with E-state index in [0.29, 0.717) is 18.1 Å². The van der Waals surface area contributed by atoms with Gasteiger partial charge in [0.1, 0.15) is 5.76 Å². The number of aromatic nitrogens is 2. The minimum absolute atomic E-state index is 0.259. The summed E-state index contributed by atoms with van der Waals surface area (Å²) in [6.45, 7) is 4.45. The number of para-hydroxylation sites is 1. The molecule has 0 radical (unpaired) electrons. The Labute approximate surface area is 128 Å². The van der Waals surface area contributed by atoms with Crippen molar-refractivity contribution < 1.29 is 9.21 Å². The van der Waals surface area contributed by atoms with Crippen molar-refractivity contribution in [1.82, 2.24) is 9.78 Å². The number of hydrogen-bond donors (Lipinski definition) is 1. The number of nitrogens with zero attached hydrogens (tertiary/aromatic N) is 2. The second-order valence-electron chi connectivity index (χ2n) is 5.17. The van der Waals surface area contributed by atoms with Crippen LogP contribution in [0.5, 0.6) is 0 Å². The van der Waals surface area contributed by atoms with Crippen LogP contribution in [0, 0.1) is 13.8 Å². The molecule has 1 amide bonds. The molecule has 112 valence electrons. The Kier molecular flexibility index (Phi) is 3.78. The molecule has 5 nitrogen and oxygen atoms in total. The number of carbonyl (C=O) groups excluding carboxylic acids is 1. The van der Waals surface area contributed by atoms with Gasteiger partial charge in [0.2, 0.25) is 0 Å². The first kappa shape index (κ1) is 14.1. The number of nitrogens with one attached hydrogen (secondary N) is 1. The smallest absolute Gasteiger partial charge is 0.291 e. The molecule has 0 aliphatic rings. The van der Waals surface area contributed by atoms with E-state index >= 15 is 0 Å². The SMILES string of the molecule is Cc1cc(C)n(Cc2ccc(C(=O)Nc3ccccc3)o2)n1. The first-order valence-corrected chi connectivity index (χ1v) is 7.08. The summed E-state index contributed by atoms with van der Waals surface area (Å²) in [6, 6.07) is 14.8. The van der Waals surface area contributed by atoms with Crippen LogP contribution in [0.2, 0.25) is 0 Å². The topological polar surface area (TPSA) is 60.1 Å². The number of amides is 1. The molecule has 0 bridgehead atoms. The number of benzene rings is 1. The monoisotopic (exact) mass is 295 g/mol. The molecular formula is C17H17N3O2. The van der Waals surface area contributed by atoms with Gasteiger partial charge in [0.15, 0.2) is 5.76 Å². The lowest BCUT2D eigenvalue weighted by molar-refractivity contribution is 0.0994. The fourth-order valence-electron chi connectivity index (χ4n) is 2.28. The number of furan rings is 1. The summed E-state index contributed by atoms with van der Waals surface area (Å²) in [7, 11) is 0. The summed E-state index contributed by atoms with van der Waals surface area (Å²) in [6.07, 6.45) is 0. The van der Waals surface area contributed by atoms with Crippen LogP contribution in [0.4, 0.5) is 5.69 Å². The zero-order chi connectivity index (χ0) is 15.5. The highest BCUT2D eigenvalue weighted by atomic mass is 16.4. The Morgan fingerprint density at radius 2 is 1.95 bits per heavy atom. The largest absolute Gasteiger partial charge is 0.454 e. The molecule has 3 rings (SSSR count). The third-order valence-electron chi connectivity index (χ3n) is 3.33. The van der Waals surface area contributed by atoms with Gasteiger partial charge in [-0.3, -0.25) is 9.48 Å². The van der Waals surface area contributed by atoms with Crippen LogP contribution in [0.3, 0.4) is 0 Å². The van der Waals surface area contributed by atoms with Crippen LogP contribution in [0.15, 0.2) is 52.9 Å². The first-order valence-electron chi connectivity index (χ1n) is 7.08. The van der Waals surface area contributed by atoms with Crippen molar-refractivity contribution in [3.8, 4) is 0 Å². The summed E-state index contributed by atoms with van der Waals surface area (Å²) in [4.78, 5) is 12.1. The Morgan fingerprint density at radius 1 is 1.18 bits per heavy atom. The van der Waals surface area contributed by atoms with Gasteiger partial charge in [0.05, 0.1) is 12.2 Å². The van der Waals surface area contributed by atoms with Crippen molar-refractivity contribution in [2.45, 2.75) is 20.4 Å². The lowest BCUT2D eigenvalue weighted by Gasteiger charge is -2.03. The van der Waals surface area contributed by atoms with Crippen LogP contribution >= 0.6 is 0 Å². The van der Waals surface area contributed by atoms with Crippen LogP contribution < -0.4 is 5.32 Å². The van der Waals surface area contributed by atoms with E-state index in [2.05, 4.69) is 10.4 Å². The van der Waals surface area contributed by atoms with Gasteiger partial charge in [-0.25, -0.2) is 0 Å². The number of anilines is 1. The highest BCUT2D eigenvalue weighted by Crippen LogP contribution is 2.14. The van der Waals surface area contributed by atoms with Gasteiger partial charge in [-0.15, -0.1) is 0 Å². The predicted octanol–water partition coefficient (Wildman–Crippen LogP) is 3.39. The van der Waals surface area contributed by atoms with E-state index < -0.39 is 0 Å². The van der Waals surface area contributed by atoms with E-state index in [9.17, 15) is 4.79 Å². The van der Waals surface area contributed by atoms with Gasteiger partial charge in [0.25, 0.3) is 5.91 Å². The molecule has 22 heavy (non-hydrogen) atoms. The highest BCUT2D eigenvalue weighted by Gasteiger charge is 2.12. The molecule has 0 fully saturated rings. The second kappa shape index (κ2) is 5.89. The van der Waals surface area contributed by atoms with Gasteiger partial charge in [-0.2, -0.15) is 5.10 Å². The first-order chi connectivity index (χ1) is 10.6. The average molecular weight is 295 g/mol. The zero-order valence-corrected chi connectivity index (χ0v) is 12.5. The maximum Gasteiger partial charge on any atom is 0.291 e. The Bertz CT molecular complexity index is 787. The third-order valence-corrected chi connectivity index (χ3v) is 3.33. The molecule has 1 N–H and O–H groups in total. The summed E-state index contributed by atoms with van der Waals surface area (Å²) >= 11 is 0. The molecule has 0 atom stereocenters. The standard InChI is InChI=1S/C17H17N3O2/c1-12-10-13(2)20(19-12)11-15-8-9-16(22-15)17(21)18-14-6-4-3-5-7-14/h3-10H,11H2,1-2H3,(H,18,21). The van der Waals surface area contributed by atoms with E-state index in [-0.39, 0.29) is 5.91 Å². The lowest BCUT2D eigenvalue weighted by atomic mass is 10.3. The van der Waals surface area contributed by atoms with Crippen LogP contribution in [0.25, 0.3) is 0 Å². The van der Waals surface area contributed by atoms with E-state index in [1.807, 2.05) is 54.9 Å². The molecule has 1 aromatic carbocycles. The molecule has 0 aliphatic heterocycles. The van der Waals surface area contributed by atoms with E-state index in [1.54, 1.807) is 12.1 Å². The normalized spacial score (nSPS) is 10.6. The molecule has 0 spiro atoms. The van der Waals surface area contributed by atoms with E-state index in [4.69, 9.17) is 4.42 Å². The fourth-order valence-corrected chi connectivity index (χ4v) is 2.28. The van der Waals surface area contributed by atoms with Gasteiger partial charge in [-0.05, 0) is 44.2 Å². The van der Waals surface area contributed by atoms with E-state index in [1.165, 1.54) is 0 Å². The molecule has 5 heteroatoms. The Balaban J connectivity index is 1.71. The molecule has 0 saturated heterocycles. The zero-order valence-electron chi connectivity index (χ0n) is 12.5. The third kappa shape index (κ3) is 3.09. The lowest BCUT2D eigenvalue weighted by Crippen LogP contribution is -2.10.